The van der Waals surface area contributed by atoms with Crippen molar-refractivity contribution >= 4 is 5.69 Å². The zero-order chi connectivity index (χ0) is 12.9. The van der Waals surface area contributed by atoms with Crippen LogP contribution < -0.4 is 4.90 Å². The molecule has 0 N–H and O–H groups in total. The smallest absolute Gasteiger partial charge is 0.0946 e. The molecule has 19 heavy (non-hydrogen) atoms. The van der Waals surface area contributed by atoms with Gasteiger partial charge >= 0.3 is 0 Å². The van der Waals surface area contributed by atoms with E-state index in [0.29, 0.717) is 0 Å². The molecule has 0 aliphatic carbocycles. The van der Waals surface area contributed by atoms with Crippen molar-refractivity contribution < 1.29 is 0 Å². The Balaban J connectivity index is 1.47. The van der Waals surface area contributed by atoms with Crippen LogP contribution in [0.25, 0.3) is 0 Å². The van der Waals surface area contributed by atoms with Crippen LogP contribution in [0.4, 0.5) is 5.69 Å². The number of hydrogen-bond donors (Lipinski definition) is 0. The fraction of sp³-hybridized carbons (Fsp3) is 0.400. The van der Waals surface area contributed by atoms with Gasteiger partial charge in [-0.05, 0) is 12.1 Å². The maximum Gasteiger partial charge on any atom is 0.0946 e. The highest BCUT2D eigenvalue weighted by atomic mass is 15.3. The molecule has 0 amide bonds. The third-order valence-corrected chi connectivity index (χ3v) is 3.73. The van der Waals surface area contributed by atoms with E-state index in [1.165, 1.54) is 5.69 Å². The van der Waals surface area contributed by atoms with E-state index in [1.54, 1.807) is 0 Å². The molecular weight excluding hydrogens is 236 g/mol. The van der Waals surface area contributed by atoms with E-state index in [1.807, 2.05) is 18.7 Å². The first-order chi connectivity index (χ1) is 9.42. The van der Waals surface area contributed by atoms with Crippen molar-refractivity contribution in [2.24, 2.45) is 0 Å². The second-order valence-electron chi connectivity index (χ2n) is 4.96. The largest absolute Gasteiger partial charge is 0.369 e. The van der Waals surface area contributed by atoms with Crippen molar-refractivity contribution in [3.05, 3.63) is 49.1 Å². The molecule has 3 rings (SSSR count). The average Bonchev–Trinajstić information content (AvgIpc) is 3.00. The summed E-state index contributed by atoms with van der Waals surface area (Å²) in [6.45, 7) is 6.67. The number of anilines is 1. The van der Waals surface area contributed by atoms with E-state index < -0.39 is 0 Å². The zero-order valence-electron chi connectivity index (χ0n) is 11.2. The van der Waals surface area contributed by atoms with Crippen LogP contribution in [0.3, 0.4) is 0 Å². The van der Waals surface area contributed by atoms with E-state index in [0.717, 1.165) is 39.3 Å². The molecule has 2 heterocycles. The molecule has 2 aromatic rings. The molecule has 1 fully saturated rings. The fourth-order valence-corrected chi connectivity index (χ4v) is 2.54. The summed E-state index contributed by atoms with van der Waals surface area (Å²) in [5.41, 5.74) is 1.34. The molecule has 0 radical (unpaired) electrons. The number of rotatable bonds is 4. The molecule has 0 spiro atoms. The molecule has 1 saturated heterocycles. The summed E-state index contributed by atoms with van der Waals surface area (Å²) in [4.78, 5) is 9.07. The molecule has 100 valence electrons. The Bertz CT molecular complexity index is 472. The molecule has 0 bridgehead atoms. The molecule has 0 saturated carbocycles. The van der Waals surface area contributed by atoms with Gasteiger partial charge in [0.1, 0.15) is 0 Å². The third kappa shape index (κ3) is 3.15. The van der Waals surface area contributed by atoms with Crippen LogP contribution in [0.2, 0.25) is 0 Å². The molecule has 1 aromatic carbocycles. The quantitative estimate of drug-likeness (QED) is 0.832. The standard InChI is InChI=1S/C15H20N4/c1-2-4-15(5-3-1)19-12-10-17(11-13-19)8-9-18-7-6-16-14-18/h1-7,14H,8-13H2. The summed E-state index contributed by atoms with van der Waals surface area (Å²) in [5.74, 6) is 0. The number of hydrogen-bond acceptors (Lipinski definition) is 3. The van der Waals surface area contributed by atoms with E-state index in [2.05, 4.69) is 49.7 Å². The fourth-order valence-electron chi connectivity index (χ4n) is 2.54. The lowest BCUT2D eigenvalue weighted by molar-refractivity contribution is 0.248. The van der Waals surface area contributed by atoms with Crippen LogP contribution in [-0.4, -0.2) is 47.2 Å². The second kappa shape index (κ2) is 5.89. The van der Waals surface area contributed by atoms with Crippen molar-refractivity contribution in [1.82, 2.24) is 14.5 Å². The van der Waals surface area contributed by atoms with Crippen LogP contribution in [0.5, 0.6) is 0 Å². The van der Waals surface area contributed by atoms with Gasteiger partial charge in [0.05, 0.1) is 6.33 Å². The second-order valence-corrected chi connectivity index (χ2v) is 4.96. The molecular formula is C15H20N4. The summed E-state index contributed by atoms with van der Waals surface area (Å²) in [5, 5.41) is 0. The normalized spacial score (nSPS) is 16.7. The molecule has 0 unspecified atom stereocenters. The number of imidazole rings is 1. The highest BCUT2D eigenvalue weighted by Crippen LogP contribution is 2.15. The van der Waals surface area contributed by atoms with Gasteiger partial charge in [-0.2, -0.15) is 0 Å². The number of para-hydroxylation sites is 1. The van der Waals surface area contributed by atoms with Gasteiger partial charge in [0.15, 0.2) is 0 Å². The Labute approximate surface area is 114 Å². The predicted octanol–water partition coefficient (Wildman–Crippen LogP) is 1.71. The Morgan fingerprint density at radius 1 is 0.947 bits per heavy atom. The van der Waals surface area contributed by atoms with Crippen LogP contribution in [0.15, 0.2) is 49.1 Å². The lowest BCUT2D eigenvalue weighted by atomic mass is 10.2. The maximum atomic E-state index is 4.07. The topological polar surface area (TPSA) is 24.3 Å². The number of benzene rings is 1. The first kappa shape index (κ1) is 12.2. The summed E-state index contributed by atoms with van der Waals surface area (Å²) >= 11 is 0. The van der Waals surface area contributed by atoms with Crippen molar-refractivity contribution in [1.29, 1.82) is 0 Å². The lowest BCUT2D eigenvalue weighted by Crippen LogP contribution is -2.47. The summed E-state index contributed by atoms with van der Waals surface area (Å²) in [7, 11) is 0. The minimum atomic E-state index is 1.03. The van der Waals surface area contributed by atoms with Crippen LogP contribution >= 0.6 is 0 Å². The van der Waals surface area contributed by atoms with Crippen LogP contribution in [0, 0.1) is 0 Å². The van der Waals surface area contributed by atoms with Gasteiger partial charge in [0, 0.05) is 57.3 Å². The third-order valence-electron chi connectivity index (χ3n) is 3.73. The Morgan fingerprint density at radius 2 is 1.74 bits per heavy atom. The van der Waals surface area contributed by atoms with E-state index in [4.69, 9.17) is 0 Å². The first-order valence-electron chi connectivity index (χ1n) is 6.90. The van der Waals surface area contributed by atoms with Gasteiger partial charge in [-0.1, -0.05) is 18.2 Å². The summed E-state index contributed by atoms with van der Waals surface area (Å²) in [6, 6.07) is 10.7. The van der Waals surface area contributed by atoms with Gasteiger partial charge in [-0.25, -0.2) is 4.98 Å². The average molecular weight is 256 g/mol. The van der Waals surface area contributed by atoms with E-state index in [-0.39, 0.29) is 0 Å². The molecule has 4 heteroatoms. The van der Waals surface area contributed by atoms with E-state index >= 15 is 0 Å². The molecule has 0 atom stereocenters. The van der Waals surface area contributed by atoms with Crippen LogP contribution in [-0.2, 0) is 6.54 Å². The maximum absolute atomic E-state index is 4.07. The first-order valence-corrected chi connectivity index (χ1v) is 6.90. The van der Waals surface area contributed by atoms with Crippen molar-refractivity contribution in [3.63, 3.8) is 0 Å². The SMILES string of the molecule is c1ccc(N2CCN(CCn3ccnc3)CC2)cc1. The Kier molecular flexibility index (Phi) is 3.79. The summed E-state index contributed by atoms with van der Waals surface area (Å²) < 4.78 is 2.14. The highest BCUT2D eigenvalue weighted by Gasteiger charge is 2.16. The molecule has 1 aromatic heterocycles. The minimum Gasteiger partial charge on any atom is -0.369 e. The van der Waals surface area contributed by atoms with Crippen molar-refractivity contribution in [2.75, 3.05) is 37.6 Å². The van der Waals surface area contributed by atoms with Crippen LogP contribution in [0.1, 0.15) is 0 Å². The van der Waals surface area contributed by atoms with Crippen molar-refractivity contribution in [2.45, 2.75) is 6.54 Å². The molecule has 1 aliphatic rings. The monoisotopic (exact) mass is 256 g/mol. The van der Waals surface area contributed by atoms with Gasteiger partial charge in [0.25, 0.3) is 0 Å². The summed E-state index contributed by atoms with van der Waals surface area (Å²) in [6.07, 6.45) is 5.76. The van der Waals surface area contributed by atoms with E-state index in [9.17, 15) is 0 Å². The Hall–Kier alpha value is -1.81. The van der Waals surface area contributed by atoms with Gasteiger partial charge < -0.3 is 9.47 Å². The number of nitrogens with zero attached hydrogens (tertiary/aromatic N) is 4. The zero-order valence-corrected chi connectivity index (χ0v) is 11.2. The molecule has 4 nitrogen and oxygen atoms in total. The highest BCUT2D eigenvalue weighted by molar-refractivity contribution is 5.46. The minimum absolute atomic E-state index is 1.03. The number of piperazine rings is 1. The van der Waals surface area contributed by atoms with Crippen molar-refractivity contribution in [3.8, 4) is 0 Å². The lowest BCUT2D eigenvalue weighted by Gasteiger charge is -2.36. The number of aromatic nitrogens is 2. The Morgan fingerprint density at radius 3 is 2.42 bits per heavy atom. The van der Waals surface area contributed by atoms with Gasteiger partial charge in [-0.15, -0.1) is 0 Å². The van der Waals surface area contributed by atoms with Gasteiger partial charge in [0.2, 0.25) is 0 Å². The molecule has 1 aliphatic heterocycles. The van der Waals surface area contributed by atoms with Gasteiger partial charge in [-0.3, -0.25) is 4.90 Å². The predicted molar refractivity (Wildman–Crippen MR) is 77.3 cm³/mol.